The van der Waals surface area contributed by atoms with Crippen molar-refractivity contribution in [2.45, 2.75) is 32.0 Å². The Morgan fingerprint density at radius 1 is 1.18 bits per heavy atom. The molecule has 0 spiro atoms. The summed E-state index contributed by atoms with van der Waals surface area (Å²) in [6.45, 7) is 1.42. The van der Waals surface area contributed by atoms with E-state index >= 15 is 0 Å². The summed E-state index contributed by atoms with van der Waals surface area (Å²) in [5.41, 5.74) is 11.0. The molecule has 1 aliphatic rings. The monoisotopic (exact) mass is 487 g/mol. The zero-order valence-corrected chi connectivity index (χ0v) is 18.4. The molecule has 1 aliphatic carbocycles. The van der Waals surface area contributed by atoms with Gasteiger partial charge < -0.3 is 15.2 Å². The number of halogens is 1. The van der Waals surface area contributed by atoms with Gasteiger partial charge in [0.1, 0.15) is 0 Å². The van der Waals surface area contributed by atoms with Gasteiger partial charge in [0.15, 0.2) is 5.96 Å². The Morgan fingerprint density at radius 2 is 1.93 bits per heavy atom. The van der Waals surface area contributed by atoms with Crippen molar-refractivity contribution in [1.82, 2.24) is 14.5 Å². The molecule has 28 heavy (non-hydrogen) atoms. The number of rotatable bonds is 6. The molecule has 0 atom stereocenters. The van der Waals surface area contributed by atoms with Crippen molar-refractivity contribution >= 4 is 29.9 Å². The Kier molecular flexibility index (Phi) is 6.72. The average Bonchev–Trinajstić information content (AvgIpc) is 3.43. The van der Waals surface area contributed by atoms with E-state index in [1.807, 2.05) is 19.6 Å². The molecule has 0 amide bonds. The summed E-state index contributed by atoms with van der Waals surface area (Å²) < 4.78 is 2.07. The summed E-state index contributed by atoms with van der Waals surface area (Å²) in [5.74, 6) is 0.628. The first-order valence-electron chi connectivity index (χ1n) is 9.36. The fourth-order valence-electron chi connectivity index (χ4n) is 3.25. The maximum Gasteiger partial charge on any atom is 0.191 e. The summed E-state index contributed by atoms with van der Waals surface area (Å²) in [5, 5.41) is 0. The van der Waals surface area contributed by atoms with Crippen molar-refractivity contribution in [3.8, 4) is 11.1 Å². The average molecular weight is 487 g/mol. The van der Waals surface area contributed by atoms with E-state index in [-0.39, 0.29) is 24.0 Å². The number of aliphatic imine (C=N–C) groups is 1. The van der Waals surface area contributed by atoms with Crippen molar-refractivity contribution in [3.05, 3.63) is 78.4 Å². The predicted octanol–water partition coefficient (Wildman–Crippen LogP) is 4.13. The molecule has 0 aliphatic heterocycles. The lowest BCUT2D eigenvalue weighted by Gasteiger charge is -2.17. The van der Waals surface area contributed by atoms with Gasteiger partial charge in [-0.2, -0.15) is 0 Å². The van der Waals surface area contributed by atoms with Gasteiger partial charge in [-0.25, -0.2) is 9.98 Å². The largest absolute Gasteiger partial charge is 0.370 e. The van der Waals surface area contributed by atoms with E-state index in [4.69, 9.17) is 5.73 Å². The van der Waals surface area contributed by atoms with E-state index in [9.17, 15) is 0 Å². The minimum atomic E-state index is 0. The van der Waals surface area contributed by atoms with Crippen LogP contribution in [0.15, 0.2) is 72.2 Å². The van der Waals surface area contributed by atoms with E-state index < -0.39 is 0 Å². The molecular weight excluding hydrogens is 461 g/mol. The lowest BCUT2D eigenvalue weighted by Crippen LogP contribution is -2.35. The van der Waals surface area contributed by atoms with Crippen LogP contribution in [0.25, 0.3) is 11.1 Å². The fourth-order valence-corrected chi connectivity index (χ4v) is 3.25. The van der Waals surface area contributed by atoms with Gasteiger partial charge in [0.2, 0.25) is 0 Å². The van der Waals surface area contributed by atoms with Crippen LogP contribution in [-0.2, 0) is 13.1 Å². The van der Waals surface area contributed by atoms with Crippen molar-refractivity contribution < 1.29 is 0 Å². The molecule has 6 heteroatoms. The third-order valence-electron chi connectivity index (χ3n) is 5.07. The lowest BCUT2D eigenvalue weighted by molar-refractivity contribution is 0.487. The molecule has 146 valence electrons. The highest BCUT2D eigenvalue weighted by Gasteiger charge is 2.27. The summed E-state index contributed by atoms with van der Waals surface area (Å²) >= 11 is 0. The minimum absolute atomic E-state index is 0. The van der Waals surface area contributed by atoms with Crippen molar-refractivity contribution in [2.24, 2.45) is 10.7 Å². The number of hydrogen-bond acceptors (Lipinski definition) is 2. The van der Waals surface area contributed by atoms with Gasteiger partial charge in [-0.05, 0) is 35.1 Å². The molecule has 5 nitrogen and oxygen atoms in total. The van der Waals surface area contributed by atoms with Crippen molar-refractivity contribution in [1.29, 1.82) is 0 Å². The molecule has 0 saturated heterocycles. The smallest absolute Gasteiger partial charge is 0.191 e. The van der Waals surface area contributed by atoms with E-state index in [1.54, 1.807) is 6.20 Å². The second-order valence-corrected chi connectivity index (χ2v) is 7.11. The number of guanidine groups is 1. The first-order chi connectivity index (χ1) is 13.2. The Bertz CT molecular complexity index is 914. The molecule has 4 rings (SSSR count). The van der Waals surface area contributed by atoms with Gasteiger partial charge in [0, 0.05) is 32.0 Å². The topological polar surface area (TPSA) is 59.4 Å². The highest BCUT2D eigenvalue weighted by Crippen LogP contribution is 2.26. The maximum atomic E-state index is 6.15. The van der Waals surface area contributed by atoms with Gasteiger partial charge in [0.05, 0.1) is 12.9 Å². The normalized spacial score (nSPS) is 13.8. The van der Waals surface area contributed by atoms with E-state index in [0.717, 1.165) is 6.54 Å². The zero-order chi connectivity index (χ0) is 18.6. The van der Waals surface area contributed by atoms with Crippen LogP contribution >= 0.6 is 24.0 Å². The zero-order valence-electron chi connectivity index (χ0n) is 16.0. The van der Waals surface area contributed by atoms with Crippen LogP contribution in [0.1, 0.15) is 24.0 Å². The Labute approximate surface area is 183 Å². The molecule has 1 fully saturated rings. The molecule has 2 aromatic carbocycles. The molecule has 1 saturated carbocycles. The summed E-state index contributed by atoms with van der Waals surface area (Å²) in [6, 6.07) is 17.7. The van der Waals surface area contributed by atoms with Gasteiger partial charge in [-0.1, -0.05) is 48.5 Å². The third-order valence-corrected chi connectivity index (χ3v) is 5.07. The van der Waals surface area contributed by atoms with Crippen LogP contribution in [0, 0.1) is 0 Å². The van der Waals surface area contributed by atoms with E-state index in [2.05, 4.69) is 68.0 Å². The molecule has 1 heterocycles. The Hall–Kier alpha value is -2.35. The second-order valence-electron chi connectivity index (χ2n) is 7.11. The van der Waals surface area contributed by atoms with Crippen molar-refractivity contribution in [2.75, 3.05) is 7.05 Å². The van der Waals surface area contributed by atoms with Gasteiger partial charge in [-0.15, -0.1) is 24.0 Å². The highest BCUT2D eigenvalue weighted by molar-refractivity contribution is 14.0. The number of benzene rings is 2. The minimum Gasteiger partial charge on any atom is -0.370 e. The maximum absolute atomic E-state index is 6.15. The quantitative estimate of drug-likeness (QED) is 0.323. The first-order valence-corrected chi connectivity index (χ1v) is 9.36. The molecule has 0 bridgehead atoms. The van der Waals surface area contributed by atoms with Gasteiger partial charge in [-0.3, -0.25) is 0 Å². The summed E-state index contributed by atoms with van der Waals surface area (Å²) in [4.78, 5) is 10.8. The SMILES string of the molecule is CN(C(N)=NCc1ccccc1-c1ccc(Cn2ccnc2)cc1)C1CC1.I. The standard InChI is InChI=1S/C22H25N5.HI/c1-26(20-10-11-20)22(23)25-14-19-4-2-3-5-21(19)18-8-6-17(7-9-18)15-27-13-12-24-16-27;/h2-9,12-13,16,20H,10-11,14-15H2,1H3,(H2,23,25);1H. The number of nitrogens with zero attached hydrogens (tertiary/aromatic N) is 4. The third kappa shape index (κ3) is 4.92. The lowest BCUT2D eigenvalue weighted by atomic mass is 9.98. The van der Waals surface area contributed by atoms with E-state index in [1.165, 1.54) is 35.1 Å². The fraction of sp³-hybridized carbons (Fsp3) is 0.273. The van der Waals surface area contributed by atoms with Crippen LogP contribution in [0.3, 0.4) is 0 Å². The number of nitrogens with two attached hydrogens (primary N) is 1. The highest BCUT2D eigenvalue weighted by atomic mass is 127. The van der Waals surface area contributed by atoms with Crippen LogP contribution in [0.4, 0.5) is 0 Å². The van der Waals surface area contributed by atoms with Crippen molar-refractivity contribution in [3.63, 3.8) is 0 Å². The number of imidazole rings is 1. The molecule has 2 N–H and O–H groups in total. The summed E-state index contributed by atoms with van der Waals surface area (Å²) in [7, 11) is 2.03. The Balaban J connectivity index is 0.00000225. The number of aromatic nitrogens is 2. The van der Waals surface area contributed by atoms with Crippen LogP contribution in [0.5, 0.6) is 0 Å². The predicted molar refractivity (Wildman–Crippen MR) is 125 cm³/mol. The molecule has 3 aromatic rings. The first kappa shape index (κ1) is 20.4. The number of hydrogen-bond donors (Lipinski definition) is 1. The second kappa shape index (κ2) is 9.23. The Morgan fingerprint density at radius 3 is 2.61 bits per heavy atom. The van der Waals surface area contributed by atoms with Gasteiger partial charge in [0.25, 0.3) is 0 Å². The van der Waals surface area contributed by atoms with Crippen LogP contribution in [-0.4, -0.2) is 33.5 Å². The van der Waals surface area contributed by atoms with Crippen LogP contribution < -0.4 is 5.73 Å². The van der Waals surface area contributed by atoms with E-state index in [0.29, 0.717) is 18.5 Å². The summed E-state index contributed by atoms with van der Waals surface area (Å²) in [6.07, 6.45) is 8.05. The van der Waals surface area contributed by atoms with Gasteiger partial charge >= 0.3 is 0 Å². The van der Waals surface area contributed by atoms with Crippen LogP contribution in [0.2, 0.25) is 0 Å². The molecular formula is C22H26IN5. The molecule has 0 unspecified atom stereocenters. The molecule has 1 aromatic heterocycles. The molecule has 0 radical (unpaired) electrons.